The van der Waals surface area contributed by atoms with Crippen molar-refractivity contribution in [3.8, 4) is 16.9 Å². The molecule has 0 radical (unpaired) electrons. The van der Waals surface area contributed by atoms with Crippen molar-refractivity contribution in [2.24, 2.45) is 0 Å². The van der Waals surface area contributed by atoms with Crippen molar-refractivity contribution in [3.63, 3.8) is 0 Å². The summed E-state index contributed by atoms with van der Waals surface area (Å²) in [4.78, 5) is 0. The molecule has 0 amide bonds. The van der Waals surface area contributed by atoms with Crippen molar-refractivity contribution in [2.45, 2.75) is 6.92 Å². The molecule has 1 heterocycles. The highest BCUT2D eigenvalue weighted by Gasteiger charge is 2.15. The lowest BCUT2D eigenvalue weighted by atomic mass is 10.1. The summed E-state index contributed by atoms with van der Waals surface area (Å²) in [7, 11) is 0. The number of aryl methyl sites for hydroxylation is 1. The molecule has 0 saturated carbocycles. The van der Waals surface area contributed by atoms with Gasteiger partial charge in [0.2, 0.25) is 0 Å². The van der Waals surface area contributed by atoms with E-state index in [1.54, 1.807) is 24.3 Å². The molecule has 6 heteroatoms. The molecular weight excluding hydrogens is 291 g/mol. The first-order chi connectivity index (χ1) is 10.1. The Morgan fingerprint density at radius 1 is 1.14 bits per heavy atom. The van der Waals surface area contributed by atoms with Gasteiger partial charge in [0.15, 0.2) is 5.82 Å². The van der Waals surface area contributed by atoms with E-state index in [0.29, 0.717) is 22.2 Å². The zero-order valence-corrected chi connectivity index (χ0v) is 12.0. The van der Waals surface area contributed by atoms with Crippen LogP contribution in [-0.4, -0.2) is 15.0 Å². The third-order valence-electron chi connectivity index (χ3n) is 3.23. The van der Waals surface area contributed by atoms with Gasteiger partial charge in [-0.3, -0.25) is 0 Å². The molecular formula is C15H12ClFN4. The van der Waals surface area contributed by atoms with Crippen molar-refractivity contribution >= 4 is 17.4 Å². The maximum Gasteiger partial charge on any atom is 0.155 e. The molecule has 0 aliphatic carbocycles. The Labute approximate surface area is 126 Å². The van der Waals surface area contributed by atoms with Gasteiger partial charge < -0.3 is 5.73 Å². The molecule has 0 saturated heterocycles. The van der Waals surface area contributed by atoms with Gasteiger partial charge in [0.25, 0.3) is 0 Å². The average molecular weight is 303 g/mol. The third kappa shape index (κ3) is 2.48. The van der Waals surface area contributed by atoms with Crippen LogP contribution in [0.15, 0.2) is 42.5 Å². The summed E-state index contributed by atoms with van der Waals surface area (Å²) in [6.45, 7) is 1.95. The topological polar surface area (TPSA) is 56.7 Å². The van der Waals surface area contributed by atoms with E-state index < -0.39 is 0 Å². The van der Waals surface area contributed by atoms with Crippen molar-refractivity contribution < 1.29 is 4.39 Å². The molecule has 3 aromatic rings. The van der Waals surface area contributed by atoms with Crippen LogP contribution in [0, 0.1) is 12.7 Å². The number of rotatable bonds is 2. The molecule has 1 aromatic heterocycles. The molecule has 4 nitrogen and oxygen atoms in total. The van der Waals surface area contributed by atoms with E-state index >= 15 is 0 Å². The van der Waals surface area contributed by atoms with E-state index in [0.717, 1.165) is 11.1 Å². The summed E-state index contributed by atoms with van der Waals surface area (Å²) < 4.78 is 14.4. The molecule has 0 fully saturated rings. The number of hydrogen-bond donors (Lipinski definition) is 1. The van der Waals surface area contributed by atoms with Gasteiger partial charge in [-0.15, -0.1) is 5.10 Å². The SMILES string of the molecule is Cc1ccc(Cl)cc1-c1nnn(-c2ccc(F)cc2)c1N. The zero-order chi connectivity index (χ0) is 15.0. The number of benzene rings is 2. The maximum atomic E-state index is 13.0. The van der Waals surface area contributed by atoms with Gasteiger partial charge in [-0.2, -0.15) is 4.68 Å². The summed E-state index contributed by atoms with van der Waals surface area (Å²) in [5.41, 5.74) is 9.15. The first kappa shape index (κ1) is 13.6. The number of hydrogen-bond acceptors (Lipinski definition) is 3. The molecule has 2 aromatic carbocycles. The minimum absolute atomic E-state index is 0.316. The summed E-state index contributed by atoms with van der Waals surface area (Å²) in [6.07, 6.45) is 0. The lowest BCUT2D eigenvalue weighted by Gasteiger charge is -2.06. The average Bonchev–Trinajstić information content (AvgIpc) is 2.84. The lowest BCUT2D eigenvalue weighted by Crippen LogP contribution is -2.02. The molecule has 0 aliphatic heterocycles. The molecule has 0 unspecified atom stereocenters. The quantitative estimate of drug-likeness (QED) is 0.786. The monoisotopic (exact) mass is 302 g/mol. The number of nitrogens with zero attached hydrogens (tertiary/aromatic N) is 3. The van der Waals surface area contributed by atoms with Crippen molar-refractivity contribution in [1.82, 2.24) is 15.0 Å². The van der Waals surface area contributed by atoms with Gasteiger partial charge in [-0.25, -0.2) is 4.39 Å². The summed E-state index contributed by atoms with van der Waals surface area (Å²) in [5, 5.41) is 8.76. The Bertz CT molecular complexity index is 796. The Morgan fingerprint density at radius 3 is 2.57 bits per heavy atom. The molecule has 0 atom stereocenters. The first-order valence-corrected chi connectivity index (χ1v) is 6.67. The summed E-state index contributed by atoms with van der Waals surface area (Å²) in [5.74, 6) is 0.0651. The lowest BCUT2D eigenvalue weighted by molar-refractivity contribution is 0.627. The van der Waals surface area contributed by atoms with Crippen molar-refractivity contribution in [2.75, 3.05) is 5.73 Å². The number of halogens is 2. The van der Waals surface area contributed by atoms with Crippen LogP contribution in [-0.2, 0) is 0 Å². The molecule has 0 spiro atoms. The minimum Gasteiger partial charge on any atom is -0.382 e. The van der Waals surface area contributed by atoms with E-state index in [1.807, 2.05) is 13.0 Å². The Hall–Kier alpha value is -2.40. The highest BCUT2D eigenvalue weighted by molar-refractivity contribution is 6.30. The smallest absolute Gasteiger partial charge is 0.155 e. The van der Waals surface area contributed by atoms with Gasteiger partial charge in [0, 0.05) is 10.6 Å². The van der Waals surface area contributed by atoms with E-state index in [-0.39, 0.29) is 5.82 Å². The van der Waals surface area contributed by atoms with Crippen molar-refractivity contribution in [1.29, 1.82) is 0 Å². The largest absolute Gasteiger partial charge is 0.382 e. The Morgan fingerprint density at radius 2 is 1.86 bits per heavy atom. The maximum absolute atomic E-state index is 13.0. The normalized spacial score (nSPS) is 10.8. The van der Waals surface area contributed by atoms with Gasteiger partial charge in [0.1, 0.15) is 11.5 Å². The van der Waals surface area contributed by atoms with Crippen molar-refractivity contribution in [3.05, 3.63) is 58.9 Å². The van der Waals surface area contributed by atoms with Crippen LogP contribution in [0.3, 0.4) is 0 Å². The highest BCUT2D eigenvalue weighted by Crippen LogP contribution is 2.30. The second kappa shape index (κ2) is 5.18. The summed E-state index contributed by atoms with van der Waals surface area (Å²) in [6, 6.07) is 11.4. The number of anilines is 1. The predicted molar refractivity (Wildman–Crippen MR) is 80.9 cm³/mol. The number of nitrogen functional groups attached to an aromatic ring is 1. The van der Waals surface area contributed by atoms with Crippen LogP contribution in [0.4, 0.5) is 10.2 Å². The predicted octanol–water partition coefficient (Wildman–Crippen LogP) is 3.62. The minimum atomic E-state index is -0.316. The number of nitrogens with two attached hydrogens (primary N) is 1. The second-order valence-corrected chi connectivity index (χ2v) is 5.11. The van der Waals surface area contributed by atoms with Gasteiger partial charge in [-0.05, 0) is 48.9 Å². The molecule has 0 bridgehead atoms. The van der Waals surface area contributed by atoms with Crippen LogP contribution in [0.1, 0.15) is 5.56 Å². The summed E-state index contributed by atoms with van der Waals surface area (Å²) >= 11 is 6.02. The second-order valence-electron chi connectivity index (χ2n) is 4.67. The van der Waals surface area contributed by atoms with Gasteiger partial charge >= 0.3 is 0 Å². The molecule has 2 N–H and O–H groups in total. The van der Waals surface area contributed by atoms with Crippen LogP contribution in [0.5, 0.6) is 0 Å². The fraction of sp³-hybridized carbons (Fsp3) is 0.0667. The molecule has 21 heavy (non-hydrogen) atoms. The Balaban J connectivity index is 2.11. The van der Waals surface area contributed by atoms with E-state index in [1.165, 1.54) is 16.8 Å². The molecule has 3 rings (SSSR count). The Kier molecular flexibility index (Phi) is 3.35. The molecule has 106 valence electrons. The van der Waals surface area contributed by atoms with E-state index in [9.17, 15) is 4.39 Å². The van der Waals surface area contributed by atoms with Crippen LogP contribution in [0.25, 0.3) is 16.9 Å². The fourth-order valence-electron chi connectivity index (χ4n) is 2.10. The van der Waals surface area contributed by atoms with E-state index in [2.05, 4.69) is 10.3 Å². The fourth-order valence-corrected chi connectivity index (χ4v) is 2.28. The van der Waals surface area contributed by atoms with Crippen LogP contribution < -0.4 is 5.73 Å². The van der Waals surface area contributed by atoms with Crippen LogP contribution >= 0.6 is 11.6 Å². The third-order valence-corrected chi connectivity index (χ3v) is 3.47. The van der Waals surface area contributed by atoms with Gasteiger partial charge in [-0.1, -0.05) is 22.9 Å². The van der Waals surface area contributed by atoms with E-state index in [4.69, 9.17) is 17.3 Å². The first-order valence-electron chi connectivity index (χ1n) is 6.30. The highest BCUT2D eigenvalue weighted by atomic mass is 35.5. The van der Waals surface area contributed by atoms with Gasteiger partial charge in [0.05, 0.1) is 5.69 Å². The number of aromatic nitrogens is 3. The standard InChI is InChI=1S/C15H12ClFN4/c1-9-2-3-10(16)8-13(9)14-15(18)21(20-19-14)12-6-4-11(17)5-7-12/h2-8H,18H2,1H3. The molecule has 0 aliphatic rings. The van der Waals surface area contributed by atoms with Crippen LogP contribution in [0.2, 0.25) is 5.02 Å². The zero-order valence-electron chi connectivity index (χ0n) is 11.2.